The molecule has 4 heteroatoms. The number of rotatable bonds is 6. The highest BCUT2D eigenvalue weighted by molar-refractivity contribution is 5.80. The monoisotopic (exact) mass is 242 g/mol. The molecule has 1 fully saturated rings. The Morgan fingerprint density at radius 1 is 1.35 bits per heavy atom. The number of carbonyl (C=O) groups excluding carboxylic acids is 1. The van der Waals surface area contributed by atoms with Crippen LogP contribution in [0.4, 0.5) is 0 Å². The van der Waals surface area contributed by atoms with E-state index >= 15 is 0 Å². The molecule has 0 heterocycles. The summed E-state index contributed by atoms with van der Waals surface area (Å²) in [6, 6.07) is -0.125. The second-order valence-corrected chi connectivity index (χ2v) is 5.04. The first-order valence-corrected chi connectivity index (χ1v) is 6.67. The van der Waals surface area contributed by atoms with Gasteiger partial charge in [0.15, 0.2) is 0 Å². The van der Waals surface area contributed by atoms with E-state index in [0.717, 1.165) is 6.54 Å². The molecule has 1 N–H and O–H groups in total. The van der Waals surface area contributed by atoms with Crippen molar-refractivity contribution < 1.29 is 9.53 Å². The number of nitrogens with zero attached hydrogens (tertiary/aromatic N) is 1. The third-order valence-corrected chi connectivity index (χ3v) is 3.27. The minimum atomic E-state index is -0.125. The molecule has 0 aliphatic heterocycles. The predicted octanol–water partition coefficient (Wildman–Crippen LogP) is 1.40. The summed E-state index contributed by atoms with van der Waals surface area (Å²) in [5.41, 5.74) is 0. The van der Waals surface area contributed by atoms with Crippen molar-refractivity contribution in [2.45, 2.75) is 51.2 Å². The number of hydrogen-bond acceptors (Lipinski definition) is 3. The van der Waals surface area contributed by atoms with Crippen molar-refractivity contribution in [3.05, 3.63) is 0 Å². The fourth-order valence-electron chi connectivity index (χ4n) is 2.21. The van der Waals surface area contributed by atoms with E-state index in [1.165, 1.54) is 32.1 Å². The standard InChI is InChI=1S/C13H26N2O2/c1-11(13(16)15(2)3)14-9-10-17-12-7-5-4-6-8-12/h11-12,14H,4-10H2,1-3H3. The van der Waals surface area contributed by atoms with Crippen LogP contribution in [0.25, 0.3) is 0 Å². The van der Waals surface area contributed by atoms with E-state index in [4.69, 9.17) is 4.74 Å². The van der Waals surface area contributed by atoms with E-state index < -0.39 is 0 Å². The molecular weight excluding hydrogens is 216 g/mol. The van der Waals surface area contributed by atoms with Gasteiger partial charge in [-0.05, 0) is 19.8 Å². The zero-order valence-corrected chi connectivity index (χ0v) is 11.4. The Morgan fingerprint density at radius 2 is 2.00 bits per heavy atom. The zero-order valence-electron chi connectivity index (χ0n) is 11.4. The van der Waals surface area contributed by atoms with E-state index in [1.807, 2.05) is 6.92 Å². The average molecular weight is 242 g/mol. The molecule has 0 saturated heterocycles. The Balaban J connectivity index is 2.05. The van der Waals surface area contributed by atoms with Crippen molar-refractivity contribution in [2.75, 3.05) is 27.2 Å². The second-order valence-electron chi connectivity index (χ2n) is 5.04. The summed E-state index contributed by atoms with van der Waals surface area (Å²) in [6.07, 6.45) is 6.80. The van der Waals surface area contributed by atoms with Gasteiger partial charge in [0.25, 0.3) is 0 Å². The van der Waals surface area contributed by atoms with Crippen LogP contribution in [-0.2, 0) is 9.53 Å². The maximum Gasteiger partial charge on any atom is 0.238 e. The van der Waals surface area contributed by atoms with E-state index in [1.54, 1.807) is 19.0 Å². The number of carbonyl (C=O) groups is 1. The Kier molecular flexibility index (Phi) is 6.52. The molecule has 1 saturated carbocycles. The van der Waals surface area contributed by atoms with Gasteiger partial charge >= 0.3 is 0 Å². The van der Waals surface area contributed by atoms with Gasteiger partial charge in [0.1, 0.15) is 0 Å². The van der Waals surface area contributed by atoms with Crippen LogP contribution in [0.2, 0.25) is 0 Å². The Morgan fingerprint density at radius 3 is 2.59 bits per heavy atom. The highest BCUT2D eigenvalue weighted by Crippen LogP contribution is 2.19. The van der Waals surface area contributed by atoms with Crippen molar-refractivity contribution in [2.24, 2.45) is 0 Å². The molecule has 17 heavy (non-hydrogen) atoms. The van der Waals surface area contributed by atoms with Crippen LogP contribution in [0.1, 0.15) is 39.0 Å². The number of ether oxygens (including phenoxy) is 1. The lowest BCUT2D eigenvalue weighted by molar-refractivity contribution is -0.130. The fraction of sp³-hybridized carbons (Fsp3) is 0.923. The van der Waals surface area contributed by atoms with Gasteiger partial charge in [0, 0.05) is 20.6 Å². The Hall–Kier alpha value is -0.610. The lowest BCUT2D eigenvalue weighted by atomic mass is 9.98. The maximum absolute atomic E-state index is 11.6. The number of hydrogen-bond donors (Lipinski definition) is 1. The van der Waals surface area contributed by atoms with Crippen molar-refractivity contribution in [1.29, 1.82) is 0 Å². The summed E-state index contributed by atoms with van der Waals surface area (Å²) in [5, 5.41) is 3.19. The zero-order chi connectivity index (χ0) is 12.7. The molecule has 0 aromatic rings. The number of amides is 1. The van der Waals surface area contributed by atoms with Crippen LogP contribution >= 0.6 is 0 Å². The highest BCUT2D eigenvalue weighted by Gasteiger charge is 2.15. The van der Waals surface area contributed by atoms with Crippen LogP contribution in [0.15, 0.2) is 0 Å². The topological polar surface area (TPSA) is 41.6 Å². The highest BCUT2D eigenvalue weighted by atomic mass is 16.5. The first-order chi connectivity index (χ1) is 8.11. The SMILES string of the molecule is CC(NCCOC1CCCCC1)C(=O)N(C)C. The molecule has 0 bridgehead atoms. The molecule has 100 valence electrons. The summed E-state index contributed by atoms with van der Waals surface area (Å²) in [5.74, 6) is 0.114. The molecule has 0 spiro atoms. The molecule has 0 aromatic carbocycles. The summed E-state index contributed by atoms with van der Waals surface area (Å²) >= 11 is 0. The third kappa shape index (κ3) is 5.50. The van der Waals surface area contributed by atoms with Crippen molar-refractivity contribution in [3.8, 4) is 0 Å². The Labute approximate surface area is 105 Å². The summed E-state index contributed by atoms with van der Waals surface area (Å²) in [6.45, 7) is 3.34. The summed E-state index contributed by atoms with van der Waals surface area (Å²) in [7, 11) is 3.55. The second kappa shape index (κ2) is 7.67. The normalized spacial score (nSPS) is 19.0. The summed E-state index contributed by atoms with van der Waals surface area (Å²) < 4.78 is 5.79. The van der Waals surface area contributed by atoms with E-state index in [0.29, 0.717) is 12.7 Å². The molecular formula is C13H26N2O2. The quantitative estimate of drug-likeness (QED) is 0.716. The molecule has 1 atom stereocenters. The van der Waals surface area contributed by atoms with Crippen molar-refractivity contribution >= 4 is 5.91 Å². The molecule has 1 aliphatic carbocycles. The molecule has 4 nitrogen and oxygen atoms in total. The van der Waals surface area contributed by atoms with Gasteiger partial charge < -0.3 is 15.0 Å². The molecule has 1 rings (SSSR count). The van der Waals surface area contributed by atoms with Crippen LogP contribution in [-0.4, -0.2) is 50.2 Å². The van der Waals surface area contributed by atoms with Gasteiger partial charge in [-0.3, -0.25) is 4.79 Å². The van der Waals surface area contributed by atoms with E-state index in [9.17, 15) is 4.79 Å². The van der Waals surface area contributed by atoms with Crippen molar-refractivity contribution in [3.63, 3.8) is 0 Å². The Bertz CT molecular complexity index is 225. The maximum atomic E-state index is 11.6. The lowest BCUT2D eigenvalue weighted by Crippen LogP contribution is -2.42. The molecule has 0 aromatic heterocycles. The van der Waals surface area contributed by atoms with Gasteiger partial charge in [0.05, 0.1) is 18.8 Å². The third-order valence-electron chi connectivity index (χ3n) is 3.27. The first-order valence-electron chi connectivity index (χ1n) is 6.67. The summed E-state index contributed by atoms with van der Waals surface area (Å²) in [4.78, 5) is 13.2. The van der Waals surface area contributed by atoms with Crippen molar-refractivity contribution in [1.82, 2.24) is 10.2 Å². The van der Waals surface area contributed by atoms with Gasteiger partial charge in [-0.25, -0.2) is 0 Å². The molecule has 1 aliphatic rings. The van der Waals surface area contributed by atoms with Crippen LogP contribution < -0.4 is 5.32 Å². The molecule has 0 radical (unpaired) electrons. The fourth-order valence-corrected chi connectivity index (χ4v) is 2.21. The van der Waals surface area contributed by atoms with Gasteiger partial charge in [-0.15, -0.1) is 0 Å². The lowest BCUT2D eigenvalue weighted by Gasteiger charge is -2.23. The van der Waals surface area contributed by atoms with Gasteiger partial charge in [-0.2, -0.15) is 0 Å². The molecule has 1 unspecified atom stereocenters. The minimum absolute atomic E-state index is 0.114. The predicted molar refractivity (Wildman–Crippen MR) is 69.0 cm³/mol. The van der Waals surface area contributed by atoms with Gasteiger partial charge in [-0.1, -0.05) is 19.3 Å². The molecule has 1 amide bonds. The number of likely N-dealkylation sites (N-methyl/N-ethyl adjacent to an activating group) is 1. The first kappa shape index (κ1) is 14.5. The van der Waals surface area contributed by atoms with Crippen LogP contribution in [0.5, 0.6) is 0 Å². The number of nitrogens with one attached hydrogen (secondary N) is 1. The van der Waals surface area contributed by atoms with Gasteiger partial charge in [0.2, 0.25) is 5.91 Å². The smallest absolute Gasteiger partial charge is 0.238 e. The average Bonchev–Trinajstić information content (AvgIpc) is 2.34. The largest absolute Gasteiger partial charge is 0.377 e. The van der Waals surface area contributed by atoms with Crippen LogP contribution in [0, 0.1) is 0 Å². The van der Waals surface area contributed by atoms with E-state index in [-0.39, 0.29) is 11.9 Å². The van der Waals surface area contributed by atoms with Crippen LogP contribution in [0.3, 0.4) is 0 Å². The van der Waals surface area contributed by atoms with E-state index in [2.05, 4.69) is 5.32 Å². The minimum Gasteiger partial charge on any atom is -0.377 e.